The van der Waals surface area contributed by atoms with Crippen LogP contribution in [0.3, 0.4) is 0 Å². The molecule has 0 atom stereocenters. The van der Waals surface area contributed by atoms with Gasteiger partial charge in [-0.1, -0.05) is 0 Å². The van der Waals surface area contributed by atoms with Gasteiger partial charge in [0.2, 0.25) is 0 Å². The molecule has 1 rings (SSSR count). The molecule has 10 heavy (non-hydrogen) atoms. The topological polar surface area (TPSA) is 99.3 Å². The van der Waals surface area contributed by atoms with Crippen molar-refractivity contribution in [3.63, 3.8) is 0 Å². The highest BCUT2D eigenvalue weighted by Gasteiger charge is 1.92. The maximum atomic E-state index is 9.90. The molecular formula is C4H4N2O4. The molecule has 6 heteroatoms. The Balaban J connectivity index is 0.000000180. The molecule has 0 aromatic carbocycles. The van der Waals surface area contributed by atoms with E-state index in [1.807, 2.05) is 0 Å². The zero-order chi connectivity index (χ0) is 7.98. The first-order valence-electron chi connectivity index (χ1n) is 2.16. The highest BCUT2D eigenvalue weighted by molar-refractivity contribution is 5.89. The number of nitrogens with zero attached hydrogens (tertiary/aromatic N) is 2. The normalized spacial score (nSPS) is 12.6. The fourth-order valence-electron chi connectivity index (χ4n) is 0.221. The highest BCUT2D eigenvalue weighted by Crippen LogP contribution is 1.90. The summed E-state index contributed by atoms with van der Waals surface area (Å²) < 4.78 is 0. The standard InChI is InChI=1S/C3H2N2O.CH2O3/c6-3-1-2-4-5-3;2-1(3)4/h1-2H;(H2,2,3,4). The zero-order valence-electron chi connectivity index (χ0n) is 4.76. The largest absolute Gasteiger partial charge is 0.503 e. The zero-order valence-corrected chi connectivity index (χ0v) is 4.76. The predicted octanol–water partition coefficient (Wildman–Crippen LogP) is 0.715. The van der Waals surface area contributed by atoms with E-state index < -0.39 is 6.16 Å². The fourth-order valence-corrected chi connectivity index (χ4v) is 0.221. The Hall–Kier alpha value is -1.72. The summed E-state index contributed by atoms with van der Waals surface area (Å²) in [5, 5.41) is 20.3. The molecule has 1 aliphatic rings. The number of rotatable bonds is 0. The van der Waals surface area contributed by atoms with Gasteiger partial charge in [0.05, 0.1) is 6.20 Å². The van der Waals surface area contributed by atoms with Gasteiger partial charge in [-0.15, -0.1) is 5.11 Å². The van der Waals surface area contributed by atoms with Crippen molar-refractivity contribution in [1.29, 1.82) is 0 Å². The van der Waals surface area contributed by atoms with E-state index in [9.17, 15) is 4.79 Å². The van der Waals surface area contributed by atoms with Crippen molar-refractivity contribution in [2.45, 2.75) is 0 Å². The number of hydrogen-bond donors (Lipinski definition) is 2. The van der Waals surface area contributed by atoms with Crippen LogP contribution in [0.2, 0.25) is 0 Å². The van der Waals surface area contributed by atoms with E-state index in [2.05, 4.69) is 10.2 Å². The lowest BCUT2D eigenvalue weighted by molar-refractivity contribution is -0.113. The summed E-state index contributed by atoms with van der Waals surface area (Å²) in [6.07, 6.45) is 0.836. The smallest absolute Gasteiger partial charge is 0.450 e. The minimum absolute atomic E-state index is 0.269. The van der Waals surface area contributed by atoms with Gasteiger partial charge in [-0.05, 0) is 0 Å². The molecule has 0 saturated carbocycles. The quantitative estimate of drug-likeness (QED) is 0.522. The van der Waals surface area contributed by atoms with Gasteiger partial charge in [0.1, 0.15) is 0 Å². The van der Waals surface area contributed by atoms with E-state index in [0.29, 0.717) is 0 Å². The number of carboxylic acid groups (broad SMARTS) is 2. The fraction of sp³-hybridized carbons (Fsp3) is 0. The van der Waals surface area contributed by atoms with Gasteiger partial charge in [0, 0.05) is 6.08 Å². The van der Waals surface area contributed by atoms with Crippen molar-refractivity contribution >= 4 is 12.1 Å². The maximum Gasteiger partial charge on any atom is 0.503 e. The second-order valence-corrected chi connectivity index (χ2v) is 1.15. The lowest BCUT2D eigenvalue weighted by atomic mass is 10.6. The number of carbonyl (C=O) groups is 2. The molecule has 6 nitrogen and oxygen atoms in total. The summed E-state index contributed by atoms with van der Waals surface area (Å²) in [7, 11) is 0. The van der Waals surface area contributed by atoms with Crippen LogP contribution in [0.25, 0.3) is 0 Å². The van der Waals surface area contributed by atoms with E-state index in [0.717, 1.165) is 0 Å². The number of hydrogen-bond acceptors (Lipinski definition) is 3. The van der Waals surface area contributed by atoms with Crippen LogP contribution in [0.1, 0.15) is 0 Å². The van der Waals surface area contributed by atoms with E-state index in [-0.39, 0.29) is 5.91 Å². The van der Waals surface area contributed by atoms with Crippen LogP contribution in [-0.2, 0) is 4.79 Å². The van der Waals surface area contributed by atoms with Crippen LogP contribution in [0, 0.1) is 0 Å². The Morgan fingerprint density at radius 3 is 2.10 bits per heavy atom. The summed E-state index contributed by atoms with van der Waals surface area (Å²) in [5.41, 5.74) is 0. The molecular weight excluding hydrogens is 140 g/mol. The van der Waals surface area contributed by atoms with Gasteiger partial charge in [-0.2, -0.15) is 5.11 Å². The Bertz CT molecular complexity index is 177. The highest BCUT2D eigenvalue weighted by atomic mass is 16.6. The van der Waals surface area contributed by atoms with E-state index in [4.69, 9.17) is 15.0 Å². The van der Waals surface area contributed by atoms with Gasteiger partial charge < -0.3 is 10.2 Å². The molecule has 2 N–H and O–H groups in total. The second-order valence-electron chi connectivity index (χ2n) is 1.15. The van der Waals surface area contributed by atoms with Crippen molar-refractivity contribution in [3.8, 4) is 0 Å². The molecule has 0 aromatic rings. The van der Waals surface area contributed by atoms with Crippen molar-refractivity contribution < 1.29 is 19.8 Å². The van der Waals surface area contributed by atoms with Crippen molar-refractivity contribution in [2.75, 3.05) is 0 Å². The molecule has 0 spiro atoms. The Morgan fingerprint density at radius 1 is 1.50 bits per heavy atom. The van der Waals surface area contributed by atoms with E-state index >= 15 is 0 Å². The summed E-state index contributed by atoms with van der Waals surface area (Å²) in [6, 6.07) is 0. The molecule has 1 aliphatic heterocycles. The second kappa shape index (κ2) is 4.19. The molecule has 54 valence electrons. The van der Waals surface area contributed by atoms with Gasteiger partial charge in [0.15, 0.2) is 0 Å². The summed E-state index contributed by atoms with van der Waals surface area (Å²) in [6.45, 7) is 0. The molecule has 0 aliphatic carbocycles. The third-order valence-corrected chi connectivity index (χ3v) is 0.440. The maximum absolute atomic E-state index is 9.90. The van der Waals surface area contributed by atoms with Crippen LogP contribution >= 0.6 is 0 Å². The Kier molecular flexibility index (Phi) is 3.47. The monoisotopic (exact) mass is 144 g/mol. The lowest BCUT2D eigenvalue weighted by Crippen LogP contribution is -1.81. The molecule has 0 radical (unpaired) electrons. The van der Waals surface area contributed by atoms with Gasteiger partial charge in [0.25, 0.3) is 5.91 Å². The molecule has 1 amide bonds. The number of amides is 1. The van der Waals surface area contributed by atoms with E-state index in [1.54, 1.807) is 0 Å². The predicted molar refractivity (Wildman–Crippen MR) is 29.7 cm³/mol. The average Bonchev–Trinajstić information content (AvgIpc) is 2.15. The third-order valence-electron chi connectivity index (χ3n) is 0.440. The molecule has 0 bridgehead atoms. The first-order chi connectivity index (χ1) is 4.63. The van der Waals surface area contributed by atoms with Crippen LogP contribution in [0.4, 0.5) is 4.79 Å². The Morgan fingerprint density at radius 2 is 2.00 bits per heavy atom. The van der Waals surface area contributed by atoms with Gasteiger partial charge in [-0.3, -0.25) is 4.79 Å². The molecule has 0 saturated heterocycles. The molecule has 1 heterocycles. The van der Waals surface area contributed by atoms with Gasteiger partial charge >= 0.3 is 6.16 Å². The average molecular weight is 144 g/mol. The van der Waals surface area contributed by atoms with Crippen LogP contribution in [0.5, 0.6) is 0 Å². The lowest BCUT2D eigenvalue weighted by Gasteiger charge is -1.60. The summed E-state index contributed by atoms with van der Waals surface area (Å²) in [5.74, 6) is -0.269. The van der Waals surface area contributed by atoms with Crippen molar-refractivity contribution in [2.24, 2.45) is 10.2 Å². The van der Waals surface area contributed by atoms with Crippen LogP contribution in [-0.4, -0.2) is 22.3 Å². The Labute approximate surface area is 55.5 Å². The van der Waals surface area contributed by atoms with E-state index in [1.165, 1.54) is 12.3 Å². The molecule has 0 fully saturated rings. The first-order valence-corrected chi connectivity index (χ1v) is 2.16. The molecule has 0 unspecified atom stereocenters. The minimum Gasteiger partial charge on any atom is -0.450 e. The van der Waals surface area contributed by atoms with Crippen molar-refractivity contribution in [3.05, 3.63) is 12.3 Å². The third kappa shape index (κ3) is 6.28. The van der Waals surface area contributed by atoms with Crippen LogP contribution < -0.4 is 0 Å². The summed E-state index contributed by atoms with van der Waals surface area (Å²) >= 11 is 0. The SMILES string of the molecule is O=C(O)O.O=C1C=CN=N1. The van der Waals surface area contributed by atoms with Crippen LogP contribution in [0.15, 0.2) is 22.5 Å². The molecule has 0 aromatic heterocycles. The summed E-state index contributed by atoms with van der Waals surface area (Å²) in [4.78, 5) is 18.5. The number of azo groups is 1. The van der Waals surface area contributed by atoms with Gasteiger partial charge in [-0.25, -0.2) is 4.79 Å². The van der Waals surface area contributed by atoms with Crippen molar-refractivity contribution in [1.82, 2.24) is 0 Å². The minimum atomic E-state index is -1.83. The number of carbonyl (C=O) groups excluding carboxylic acids is 1. The first kappa shape index (κ1) is 8.28.